The standard InChI is InChI=1S/C27H36FNO3/c1-18(2)25-14-27(15-26(32-25)19(3)4,21-6-8-22(28)9-7-21)11-12-29-16-20-5-10-23-24(13-20)31-17-30-23/h5-10,13,18-19,25-26,29H,11-12,14-17H2,1-4H3/t25-,26+,27?. The molecule has 5 heteroatoms. The first-order valence-corrected chi connectivity index (χ1v) is 11.9. The van der Waals surface area contributed by atoms with Gasteiger partial charge in [0.15, 0.2) is 11.5 Å². The smallest absolute Gasteiger partial charge is 0.231 e. The molecule has 1 saturated heterocycles. The molecule has 174 valence electrons. The highest BCUT2D eigenvalue weighted by Crippen LogP contribution is 2.45. The van der Waals surface area contributed by atoms with Gasteiger partial charge in [-0.25, -0.2) is 4.39 Å². The summed E-state index contributed by atoms with van der Waals surface area (Å²) in [4.78, 5) is 0. The van der Waals surface area contributed by atoms with E-state index in [-0.39, 0.29) is 23.4 Å². The Morgan fingerprint density at radius 1 is 0.938 bits per heavy atom. The van der Waals surface area contributed by atoms with Crippen molar-refractivity contribution < 1.29 is 18.6 Å². The van der Waals surface area contributed by atoms with Crippen molar-refractivity contribution in [2.24, 2.45) is 11.8 Å². The van der Waals surface area contributed by atoms with Gasteiger partial charge in [-0.3, -0.25) is 0 Å². The minimum Gasteiger partial charge on any atom is -0.454 e. The number of nitrogens with one attached hydrogen (secondary N) is 1. The molecule has 2 aliphatic rings. The number of ether oxygens (including phenoxy) is 3. The summed E-state index contributed by atoms with van der Waals surface area (Å²) in [5.41, 5.74) is 2.37. The van der Waals surface area contributed by atoms with Crippen molar-refractivity contribution in [3.05, 3.63) is 59.4 Å². The molecule has 0 radical (unpaired) electrons. The molecule has 1 fully saturated rings. The fourth-order valence-corrected chi connectivity index (χ4v) is 4.96. The van der Waals surface area contributed by atoms with Crippen LogP contribution in [0.2, 0.25) is 0 Å². The SMILES string of the molecule is CC(C)[C@@H]1CC(CCNCc2ccc3c(c2)OCO3)(c2ccc(F)cc2)C[C@H](C(C)C)O1. The number of benzene rings is 2. The molecule has 0 aliphatic carbocycles. The van der Waals surface area contributed by atoms with Crippen LogP contribution in [0.25, 0.3) is 0 Å². The fourth-order valence-electron chi connectivity index (χ4n) is 4.96. The van der Waals surface area contributed by atoms with E-state index >= 15 is 0 Å². The van der Waals surface area contributed by atoms with Crippen LogP contribution in [0.1, 0.15) is 58.1 Å². The summed E-state index contributed by atoms with van der Waals surface area (Å²) in [7, 11) is 0. The van der Waals surface area contributed by atoms with Crippen molar-refractivity contribution in [2.75, 3.05) is 13.3 Å². The number of fused-ring (bicyclic) bond motifs is 1. The molecule has 4 rings (SSSR count). The molecule has 2 aliphatic heterocycles. The van der Waals surface area contributed by atoms with Crippen molar-refractivity contribution in [1.29, 1.82) is 0 Å². The molecule has 1 N–H and O–H groups in total. The lowest BCUT2D eigenvalue weighted by Gasteiger charge is -2.48. The van der Waals surface area contributed by atoms with Crippen molar-refractivity contribution in [3.63, 3.8) is 0 Å². The molecular formula is C27H36FNO3. The highest BCUT2D eigenvalue weighted by molar-refractivity contribution is 5.44. The molecule has 2 heterocycles. The number of hydrogen-bond acceptors (Lipinski definition) is 4. The lowest BCUT2D eigenvalue weighted by atomic mass is 9.66. The largest absolute Gasteiger partial charge is 0.454 e. The van der Waals surface area contributed by atoms with Crippen molar-refractivity contribution in [3.8, 4) is 11.5 Å². The van der Waals surface area contributed by atoms with Gasteiger partial charge in [-0.1, -0.05) is 45.9 Å². The van der Waals surface area contributed by atoms with Gasteiger partial charge in [0.25, 0.3) is 0 Å². The second-order valence-corrected chi connectivity index (χ2v) is 10.0. The van der Waals surface area contributed by atoms with E-state index < -0.39 is 0 Å². The molecular weight excluding hydrogens is 405 g/mol. The molecule has 32 heavy (non-hydrogen) atoms. The van der Waals surface area contributed by atoms with Crippen LogP contribution < -0.4 is 14.8 Å². The Balaban J connectivity index is 1.49. The Bertz CT molecular complexity index is 880. The van der Waals surface area contributed by atoms with Gasteiger partial charge in [-0.05, 0) is 73.0 Å². The first kappa shape index (κ1) is 23.1. The fraction of sp³-hybridized carbons (Fsp3) is 0.556. The van der Waals surface area contributed by atoms with Crippen LogP contribution in [0.4, 0.5) is 4.39 Å². The minimum absolute atomic E-state index is 0.0301. The van der Waals surface area contributed by atoms with Gasteiger partial charge in [0.2, 0.25) is 6.79 Å². The van der Waals surface area contributed by atoms with Gasteiger partial charge in [0.1, 0.15) is 5.82 Å². The van der Waals surface area contributed by atoms with E-state index in [1.54, 1.807) is 12.1 Å². The second kappa shape index (κ2) is 9.80. The molecule has 0 spiro atoms. The second-order valence-electron chi connectivity index (χ2n) is 10.0. The molecule has 3 atom stereocenters. The quantitative estimate of drug-likeness (QED) is 0.523. The predicted octanol–water partition coefficient (Wildman–Crippen LogP) is 5.83. The Hall–Kier alpha value is -2.11. The van der Waals surface area contributed by atoms with E-state index in [0.29, 0.717) is 18.6 Å². The van der Waals surface area contributed by atoms with Gasteiger partial charge in [0.05, 0.1) is 12.2 Å². The molecule has 2 aromatic carbocycles. The molecule has 0 saturated carbocycles. The zero-order valence-electron chi connectivity index (χ0n) is 19.7. The molecule has 4 nitrogen and oxygen atoms in total. The van der Waals surface area contributed by atoms with Gasteiger partial charge in [0, 0.05) is 12.0 Å². The third kappa shape index (κ3) is 5.10. The summed E-state index contributed by atoms with van der Waals surface area (Å²) >= 11 is 0. The predicted molar refractivity (Wildman–Crippen MR) is 125 cm³/mol. The maximum absolute atomic E-state index is 13.7. The first-order valence-electron chi connectivity index (χ1n) is 11.9. The van der Waals surface area contributed by atoms with Crippen molar-refractivity contribution in [1.82, 2.24) is 5.32 Å². The van der Waals surface area contributed by atoms with E-state index in [4.69, 9.17) is 14.2 Å². The molecule has 1 unspecified atom stereocenters. The molecule has 0 aromatic heterocycles. The summed E-state index contributed by atoms with van der Waals surface area (Å²) in [6.45, 7) is 10.9. The molecule has 0 bridgehead atoms. The summed E-state index contributed by atoms with van der Waals surface area (Å²) in [5.74, 6) is 2.33. The maximum atomic E-state index is 13.7. The summed E-state index contributed by atoms with van der Waals surface area (Å²) in [6, 6.07) is 13.2. The third-order valence-corrected chi connectivity index (χ3v) is 7.02. The lowest BCUT2D eigenvalue weighted by Crippen LogP contribution is -2.48. The van der Waals surface area contributed by atoms with E-state index in [1.165, 1.54) is 11.1 Å². The van der Waals surface area contributed by atoms with Crippen LogP contribution in [0, 0.1) is 17.7 Å². The maximum Gasteiger partial charge on any atom is 0.231 e. The Morgan fingerprint density at radius 2 is 1.59 bits per heavy atom. The first-order chi connectivity index (χ1) is 15.4. The van der Waals surface area contributed by atoms with Gasteiger partial charge in [-0.15, -0.1) is 0 Å². The van der Waals surface area contributed by atoms with Crippen LogP contribution >= 0.6 is 0 Å². The Morgan fingerprint density at radius 3 is 2.25 bits per heavy atom. The summed E-state index contributed by atoms with van der Waals surface area (Å²) in [6.07, 6.45) is 3.32. The topological polar surface area (TPSA) is 39.7 Å². The van der Waals surface area contributed by atoms with Gasteiger partial charge in [-0.2, -0.15) is 0 Å². The molecule has 0 amide bonds. The highest BCUT2D eigenvalue weighted by atomic mass is 19.1. The number of hydrogen-bond donors (Lipinski definition) is 1. The lowest BCUT2D eigenvalue weighted by molar-refractivity contribution is -0.118. The van der Waals surface area contributed by atoms with E-state index in [2.05, 4.69) is 39.1 Å². The number of halogens is 1. The normalized spacial score (nSPS) is 25.0. The Labute approximate surface area is 191 Å². The van der Waals surface area contributed by atoms with Crippen LogP contribution in [-0.4, -0.2) is 25.5 Å². The molecule has 2 aromatic rings. The summed E-state index contributed by atoms with van der Waals surface area (Å²) in [5, 5.41) is 3.62. The van der Waals surface area contributed by atoms with E-state index in [1.807, 2.05) is 24.3 Å². The van der Waals surface area contributed by atoms with Crippen LogP contribution in [0.15, 0.2) is 42.5 Å². The average molecular weight is 442 g/mol. The minimum atomic E-state index is -0.183. The Kier molecular flexibility index (Phi) is 7.06. The summed E-state index contributed by atoms with van der Waals surface area (Å²) < 4.78 is 31.1. The monoisotopic (exact) mass is 441 g/mol. The zero-order chi connectivity index (χ0) is 22.7. The van der Waals surface area contributed by atoms with Crippen molar-refractivity contribution in [2.45, 2.75) is 71.1 Å². The third-order valence-electron chi connectivity index (χ3n) is 7.02. The van der Waals surface area contributed by atoms with Crippen LogP contribution in [0.5, 0.6) is 11.5 Å². The van der Waals surface area contributed by atoms with Gasteiger partial charge >= 0.3 is 0 Å². The van der Waals surface area contributed by atoms with Crippen molar-refractivity contribution >= 4 is 0 Å². The van der Waals surface area contributed by atoms with E-state index in [0.717, 1.165) is 43.9 Å². The van der Waals surface area contributed by atoms with Gasteiger partial charge < -0.3 is 19.5 Å². The highest BCUT2D eigenvalue weighted by Gasteiger charge is 2.43. The van der Waals surface area contributed by atoms with E-state index in [9.17, 15) is 4.39 Å². The zero-order valence-corrected chi connectivity index (χ0v) is 19.7. The average Bonchev–Trinajstić information content (AvgIpc) is 3.25. The van der Waals surface area contributed by atoms with Crippen LogP contribution in [0.3, 0.4) is 0 Å². The van der Waals surface area contributed by atoms with Crippen LogP contribution in [-0.2, 0) is 16.7 Å². The number of rotatable bonds is 8.